The van der Waals surface area contributed by atoms with Crippen LogP contribution in [-0.2, 0) is 11.3 Å². The molecule has 0 unspecified atom stereocenters. The first-order valence-corrected chi connectivity index (χ1v) is 8.50. The number of aromatic nitrogens is 3. The highest BCUT2D eigenvalue weighted by Gasteiger charge is 2.17. The number of benzene rings is 2. The number of amides is 1. The zero-order valence-corrected chi connectivity index (χ0v) is 14.2. The highest BCUT2D eigenvalue weighted by molar-refractivity contribution is 8.00. The summed E-state index contributed by atoms with van der Waals surface area (Å²) in [6.07, 6.45) is 3.41. The Balaban J connectivity index is 1.68. The zero-order valence-electron chi connectivity index (χ0n) is 13.3. The Morgan fingerprint density at radius 3 is 2.92 bits per heavy atom. The van der Waals surface area contributed by atoms with Crippen LogP contribution in [0.25, 0.3) is 10.8 Å². The number of rotatable bonds is 6. The van der Waals surface area contributed by atoms with Crippen molar-refractivity contribution in [2.45, 2.75) is 23.9 Å². The molecule has 0 aliphatic rings. The first-order chi connectivity index (χ1) is 11.7. The molecule has 1 amide bonds. The summed E-state index contributed by atoms with van der Waals surface area (Å²) in [6.45, 7) is 6.18. The first-order valence-electron chi connectivity index (χ1n) is 7.62. The van der Waals surface area contributed by atoms with Gasteiger partial charge in [-0.3, -0.25) is 4.79 Å². The molecule has 1 N–H and O–H groups in total. The second-order valence-electron chi connectivity index (χ2n) is 5.37. The summed E-state index contributed by atoms with van der Waals surface area (Å²) in [4.78, 5) is 12.4. The molecule has 3 rings (SSSR count). The summed E-state index contributed by atoms with van der Waals surface area (Å²) in [5.41, 5.74) is 0.790. The van der Waals surface area contributed by atoms with E-state index in [-0.39, 0.29) is 11.2 Å². The number of anilines is 1. The van der Waals surface area contributed by atoms with Gasteiger partial charge < -0.3 is 9.88 Å². The van der Waals surface area contributed by atoms with Crippen LogP contribution in [0, 0.1) is 0 Å². The largest absolute Gasteiger partial charge is 0.325 e. The molecule has 122 valence electrons. The maximum atomic E-state index is 12.4. The number of hydrogen-bond donors (Lipinski definition) is 1. The molecule has 1 aromatic heterocycles. The summed E-state index contributed by atoms with van der Waals surface area (Å²) in [7, 11) is 0. The van der Waals surface area contributed by atoms with Crippen molar-refractivity contribution in [1.29, 1.82) is 0 Å². The van der Waals surface area contributed by atoms with Crippen molar-refractivity contribution in [2.24, 2.45) is 0 Å². The Morgan fingerprint density at radius 2 is 2.12 bits per heavy atom. The van der Waals surface area contributed by atoms with E-state index in [1.165, 1.54) is 11.8 Å². The average molecular weight is 338 g/mol. The minimum atomic E-state index is -0.288. The predicted octanol–water partition coefficient (Wildman–Crippen LogP) is 3.74. The van der Waals surface area contributed by atoms with Gasteiger partial charge in [-0.1, -0.05) is 48.2 Å². The summed E-state index contributed by atoms with van der Waals surface area (Å²) in [5, 5.41) is 13.6. The van der Waals surface area contributed by atoms with Crippen LogP contribution in [0.2, 0.25) is 0 Å². The Morgan fingerprint density at radius 1 is 1.33 bits per heavy atom. The third kappa shape index (κ3) is 3.65. The lowest BCUT2D eigenvalue weighted by atomic mass is 10.1. The van der Waals surface area contributed by atoms with Crippen LogP contribution in [0.5, 0.6) is 0 Å². The standard InChI is InChI=1S/C18H18N4OS/c1-3-10-22-12-19-21-18(22)24-13(2)17(23)20-16-9-8-14-6-4-5-7-15(14)11-16/h3-9,11-13H,1,10H2,2H3,(H,20,23)/t13-/m0/s1. The van der Waals surface area contributed by atoms with Gasteiger partial charge in [-0.2, -0.15) is 0 Å². The normalized spacial score (nSPS) is 12.0. The van der Waals surface area contributed by atoms with Crippen LogP contribution in [0.3, 0.4) is 0 Å². The second-order valence-corrected chi connectivity index (χ2v) is 6.67. The summed E-state index contributed by atoms with van der Waals surface area (Å²) >= 11 is 1.38. The summed E-state index contributed by atoms with van der Waals surface area (Å²) < 4.78 is 1.86. The second kappa shape index (κ2) is 7.31. The van der Waals surface area contributed by atoms with E-state index in [0.717, 1.165) is 16.5 Å². The van der Waals surface area contributed by atoms with Crippen LogP contribution < -0.4 is 5.32 Å². The molecule has 0 spiro atoms. The van der Waals surface area contributed by atoms with Crippen LogP contribution in [0.15, 0.2) is 66.6 Å². The lowest BCUT2D eigenvalue weighted by Gasteiger charge is -2.12. The molecule has 0 bridgehead atoms. The third-order valence-electron chi connectivity index (χ3n) is 3.57. The zero-order chi connectivity index (χ0) is 16.9. The van der Waals surface area contributed by atoms with Crippen LogP contribution in [0.1, 0.15) is 6.92 Å². The highest BCUT2D eigenvalue weighted by atomic mass is 32.2. The molecule has 0 saturated carbocycles. The van der Waals surface area contributed by atoms with Crippen LogP contribution in [-0.4, -0.2) is 25.9 Å². The number of carbonyl (C=O) groups is 1. The SMILES string of the molecule is C=CCn1cnnc1S[C@@H](C)C(=O)Nc1ccc2ccccc2c1. The molecular weight excluding hydrogens is 320 g/mol. The predicted molar refractivity (Wildman–Crippen MR) is 98.1 cm³/mol. The number of nitrogens with one attached hydrogen (secondary N) is 1. The number of hydrogen-bond acceptors (Lipinski definition) is 4. The van der Waals surface area contributed by atoms with Crippen molar-refractivity contribution < 1.29 is 4.79 Å². The van der Waals surface area contributed by atoms with Crippen LogP contribution in [0.4, 0.5) is 5.69 Å². The fraction of sp³-hybridized carbons (Fsp3) is 0.167. The Hall–Kier alpha value is -2.60. The number of carbonyl (C=O) groups excluding carboxylic acids is 1. The van der Waals surface area contributed by atoms with E-state index in [9.17, 15) is 4.79 Å². The smallest absolute Gasteiger partial charge is 0.237 e. The van der Waals surface area contributed by atoms with Gasteiger partial charge >= 0.3 is 0 Å². The fourth-order valence-electron chi connectivity index (χ4n) is 2.32. The number of fused-ring (bicyclic) bond motifs is 1. The van der Waals surface area contributed by atoms with Crippen molar-refractivity contribution in [3.63, 3.8) is 0 Å². The Bertz CT molecular complexity index is 874. The lowest BCUT2D eigenvalue weighted by molar-refractivity contribution is -0.115. The molecule has 6 heteroatoms. The van der Waals surface area contributed by atoms with Crippen molar-refractivity contribution in [2.75, 3.05) is 5.32 Å². The topological polar surface area (TPSA) is 59.8 Å². The molecule has 0 fully saturated rings. The first kappa shape index (κ1) is 16.3. The van der Waals surface area contributed by atoms with E-state index in [4.69, 9.17) is 0 Å². The van der Waals surface area contributed by atoms with Gasteiger partial charge in [-0.25, -0.2) is 0 Å². The quantitative estimate of drug-likeness (QED) is 0.549. The van der Waals surface area contributed by atoms with E-state index in [2.05, 4.69) is 22.1 Å². The van der Waals surface area contributed by atoms with E-state index < -0.39 is 0 Å². The van der Waals surface area contributed by atoms with E-state index in [1.807, 2.05) is 54.0 Å². The monoisotopic (exact) mass is 338 g/mol. The molecular formula is C18H18N4OS. The third-order valence-corrected chi connectivity index (χ3v) is 4.67. The molecule has 0 aliphatic heterocycles. The maximum absolute atomic E-state index is 12.4. The highest BCUT2D eigenvalue weighted by Crippen LogP contribution is 2.23. The molecule has 0 radical (unpaired) electrons. The number of thioether (sulfide) groups is 1. The molecule has 3 aromatic rings. The summed E-state index contributed by atoms with van der Waals surface area (Å²) in [6, 6.07) is 14.0. The van der Waals surface area contributed by atoms with Gasteiger partial charge in [0.1, 0.15) is 6.33 Å². The summed E-state index contributed by atoms with van der Waals surface area (Å²) in [5.74, 6) is -0.0663. The maximum Gasteiger partial charge on any atom is 0.237 e. The van der Waals surface area contributed by atoms with Gasteiger partial charge in [0.2, 0.25) is 5.91 Å². The molecule has 0 aliphatic carbocycles. The van der Waals surface area contributed by atoms with E-state index in [1.54, 1.807) is 12.4 Å². The molecule has 0 saturated heterocycles. The minimum Gasteiger partial charge on any atom is -0.325 e. The Kier molecular flexibility index (Phi) is 4.96. The molecule has 1 heterocycles. The lowest BCUT2D eigenvalue weighted by Crippen LogP contribution is -2.22. The fourth-order valence-corrected chi connectivity index (χ4v) is 3.16. The van der Waals surface area contributed by atoms with Crippen molar-refractivity contribution >= 4 is 34.1 Å². The molecule has 1 atom stereocenters. The Labute approximate surface area is 144 Å². The van der Waals surface area contributed by atoms with Crippen molar-refractivity contribution in [3.8, 4) is 0 Å². The van der Waals surface area contributed by atoms with Crippen molar-refractivity contribution in [1.82, 2.24) is 14.8 Å². The van der Waals surface area contributed by atoms with Gasteiger partial charge in [0.15, 0.2) is 5.16 Å². The van der Waals surface area contributed by atoms with Gasteiger partial charge in [0, 0.05) is 12.2 Å². The average Bonchev–Trinajstić information content (AvgIpc) is 3.02. The molecule has 24 heavy (non-hydrogen) atoms. The van der Waals surface area contributed by atoms with E-state index in [0.29, 0.717) is 11.7 Å². The van der Waals surface area contributed by atoms with Crippen molar-refractivity contribution in [3.05, 3.63) is 61.4 Å². The van der Waals surface area contributed by atoms with Gasteiger partial charge in [0.05, 0.1) is 5.25 Å². The van der Waals surface area contributed by atoms with Gasteiger partial charge in [-0.05, 0) is 29.8 Å². The number of allylic oxidation sites excluding steroid dienone is 1. The van der Waals surface area contributed by atoms with Gasteiger partial charge in [0.25, 0.3) is 0 Å². The minimum absolute atomic E-state index is 0.0663. The van der Waals surface area contributed by atoms with E-state index >= 15 is 0 Å². The van der Waals surface area contributed by atoms with Gasteiger partial charge in [-0.15, -0.1) is 16.8 Å². The number of nitrogens with zero attached hydrogens (tertiary/aromatic N) is 3. The van der Waals surface area contributed by atoms with Crippen LogP contribution >= 0.6 is 11.8 Å². The molecule has 2 aromatic carbocycles. The molecule has 5 nitrogen and oxygen atoms in total.